The summed E-state index contributed by atoms with van der Waals surface area (Å²) in [5.74, 6) is -0.898. The van der Waals surface area contributed by atoms with Crippen molar-refractivity contribution in [2.75, 3.05) is 16.8 Å². The Morgan fingerprint density at radius 3 is 2.75 bits per heavy atom. The molecule has 1 aliphatic rings. The van der Waals surface area contributed by atoms with E-state index in [9.17, 15) is 14.0 Å². The van der Waals surface area contributed by atoms with E-state index in [0.717, 1.165) is 17.7 Å². The van der Waals surface area contributed by atoms with E-state index in [1.807, 2.05) is 19.1 Å². The maximum Gasteiger partial charge on any atom is 0.258 e. The predicted molar refractivity (Wildman–Crippen MR) is 91.8 cm³/mol. The minimum atomic E-state index is -0.548. The SMILES string of the molecule is CCCN1C(=O)CCc2cc(NC(=O)c3ccccc3F)ccc21. The molecule has 0 unspecified atom stereocenters. The van der Waals surface area contributed by atoms with E-state index in [1.165, 1.54) is 12.1 Å². The van der Waals surface area contributed by atoms with Gasteiger partial charge in [0.1, 0.15) is 5.82 Å². The smallest absolute Gasteiger partial charge is 0.258 e. The van der Waals surface area contributed by atoms with Gasteiger partial charge in [-0.25, -0.2) is 4.39 Å². The second kappa shape index (κ2) is 6.83. The molecular formula is C19H19FN2O2. The lowest BCUT2D eigenvalue weighted by molar-refractivity contribution is -0.118. The standard InChI is InChI=1S/C19H19FN2O2/c1-2-11-22-17-9-8-14(12-13(17)7-10-18(22)23)21-19(24)15-5-3-4-6-16(15)20/h3-6,8-9,12H,2,7,10-11H2,1H3,(H,21,24). The van der Waals surface area contributed by atoms with Crippen LogP contribution in [0.2, 0.25) is 0 Å². The van der Waals surface area contributed by atoms with Crippen molar-refractivity contribution in [2.24, 2.45) is 0 Å². The number of nitrogens with one attached hydrogen (secondary N) is 1. The van der Waals surface area contributed by atoms with Gasteiger partial charge in [-0.3, -0.25) is 9.59 Å². The normalized spacial score (nSPS) is 13.6. The summed E-state index contributed by atoms with van der Waals surface area (Å²) in [6, 6.07) is 11.3. The largest absolute Gasteiger partial charge is 0.322 e. The Morgan fingerprint density at radius 2 is 2.00 bits per heavy atom. The molecule has 2 aromatic rings. The molecule has 0 fully saturated rings. The lowest BCUT2D eigenvalue weighted by Gasteiger charge is -2.29. The van der Waals surface area contributed by atoms with E-state index in [0.29, 0.717) is 25.1 Å². The number of rotatable bonds is 4. The second-order valence-corrected chi connectivity index (χ2v) is 5.82. The van der Waals surface area contributed by atoms with E-state index in [-0.39, 0.29) is 11.5 Å². The number of amides is 2. The summed E-state index contributed by atoms with van der Waals surface area (Å²) >= 11 is 0. The molecule has 0 saturated carbocycles. The maximum absolute atomic E-state index is 13.7. The third-order valence-electron chi connectivity index (χ3n) is 4.10. The number of carbonyl (C=O) groups is 2. The van der Waals surface area contributed by atoms with Crippen molar-refractivity contribution in [3.63, 3.8) is 0 Å². The molecule has 0 aliphatic carbocycles. The van der Waals surface area contributed by atoms with Gasteiger partial charge in [-0.1, -0.05) is 19.1 Å². The molecule has 5 heteroatoms. The van der Waals surface area contributed by atoms with Crippen LogP contribution in [-0.4, -0.2) is 18.4 Å². The Bertz CT molecular complexity index is 789. The lowest BCUT2D eigenvalue weighted by Crippen LogP contribution is -2.35. The van der Waals surface area contributed by atoms with Gasteiger partial charge in [-0.05, 0) is 48.7 Å². The number of carbonyl (C=O) groups excluding carboxylic acids is 2. The van der Waals surface area contributed by atoms with Crippen LogP contribution in [0.3, 0.4) is 0 Å². The average Bonchev–Trinajstić information content (AvgIpc) is 2.58. The number of aryl methyl sites for hydroxylation is 1. The number of fused-ring (bicyclic) bond motifs is 1. The summed E-state index contributed by atoms with van der Waals surface area (Å²) in [6.45, 7) is 2.72. The van der Waals surface area contributed by atoms with Crippen LogP contribution in [-0.2, 0) is 11.2 Å². The molecule has 2 amide bonds. The fourth-order valence-electron chi connectivity index (χ4n) is 2.95. The third kappa shape index (κ3) is 3.15. The van der Waals surface area contributed by atoms with Crippen molar-refractivity contribution in [3.05, 3.63) is 59.4 Å². The van der Waals surface area contributed by atoms with E-state index in [1.54, 1.807) is 23.1 Å². The summed E-state index contributed by atoms with van der Waals surface area (Å²) in [6.07, 6.45) is 2.01. The molecule has 3 rings (SSSR count). The summed E-state index contributed by atoms with van der Waals surface area (Å²) in [5, 5.41) is 2.72. The molecule has 0 spiro atoms. The van der Waals surface area contributed by atoms with E-state index >= 15 is 0 Å². The second-order valence-electron chi connectivity index (χ2n) is 5.82. The molecule has 4 nitrogen and oxygen atoms in total. The Balaban J connectivity index is 1.83. The van der Waals surface area contributed by atoms with Crippen LogP contribution in [0.4, 0.5) is 15.8 Å². The van der Waals surface area contributed by atoms with E-state index in [2.05, 4.69) is 5.32 Å². The van der Waals surface area contributed by atoms with Crippen molar-refractivity contribution >= 4 is 23.2 Å². The molecule has 0 saturated heterocycles. The zero-order chi connectivity index (χ0) is 17.1. The molecule has 24 heavy (non-hydrogen) atoms. The zero-order valence-electron chi connectivity index (χ0n) is 13.5. The third-order valence-corrected chi connectivity index (χ3v) is 4.10. The first-order chi connectivity index (χ1) is 11.6. The van der Waals surface area contributed by atoms with Gasteiger partial charge in [-0.15, -0.1) is 0 Å². The molecule has 0 atom stereocenters. The molecule has 1 N–H and O–H groups in total. The molecule has 2 aromatic carbocycles. The number of nitrogens with zero attached hydrogens (tertiary/aromatic N) is 1. The van der Waals surface area contributed by atoms with Gasteiger partial charge < -0.3 is 10.2 Å². The highest BCUT2D eigenvalue weighted by atomic mass is 19.1. The van der Waals surface area contributed by atoms with Crippen LogP contribution in [0.25, 0.3) is 0 Å². The van der Waals surface area contributed by atoms with Crippen LogP contribution in [0.5, 0.6) is 0 Å². The molecule has 0 aromatic heterocycles. The Labute approximate surface area is 140 Å². The van der Waals surface area contributed by atoms with Crippen LogP contribution in [0.1, 0.15) is 35.7 Å². The molecular weight excluding hydrogens is 307 g/mol. The summed E-state index contributed by atoms with van der Waals surface area (Å²) in [7, 11) is 0. The van der Waals surface area contributed by atoms with Crippen LogP contribution >= 0.6 is 0 Å². The average molecular weight is 326 g/mol. The van der Waals surface area contributed by atoms with Gasteiger partial charge in [0.2, 0.25) is 5.91 Å². The summed E-state index contributed by atoms with van der Waals surface area (Å²) < 4.78 is 13.7. The summed E-state index contributed by atoms with van der Waals surface area (Å²) in [5.41, 5.74) is 2.54. The number of hydrogen-bond acceptors (Lipinski definition) is 2. The van der Waals surface area contributed by atoms with Crippen molar-refractivity contribution < 1.29 is 14.0 Å². The van der Waals surface area contributed by atoms with Crippen molar-refractivity contribution in [1.82, 2.24) is 0 Å². The Kier molecular flexibility index (Phi) is 4.60. The quantitative estimate of drug-likeness (QED) is 0.930. The van der Waals surface area contributed by atoms with Gasteiger partial charge in [-0.2, -0.15) is 0 Å². The first-order valence-corrected chi connectivity index (χ1v) is 8.09. The van der Waals surface area contributed by atoms with Gasteiger partial charge in [0.05, 0.1) is 5.56 Å². The minimum absolute atomic E-state index is 0.0120. The molecule has 124 valence electrons. The molecule has 1 aliphatic heterocycles. The van der Waals surface area contributed by atoms with Gasteiger partial charge in [0, 0.05) is 24.3 Å². The highest BCUT2D eigenvalue weighted by molar-refractivity contribution is 6.05. The Morgan fingerprint density at radius 1 is 1.21 bits per heavy atom. The van der Waals surface area contributed by atoms with Crippen LogP contribution in [0.15, 0.2) is 42.5 Å². The molecule has 0 bridgehead atoms. The monoisotopic (exact) mass is 326 g/mol. The zero-order valence-corrected chi connectivity index (χ0v) is 13.5. The summed E-state index contributed by atoms with van der Waals surface area (Å²) in [4.78, 5) is 26.0. The van der Waals surface area contributed by atoms with Crippen molar-refractivity contribution in [2.45, 2.75) is 26.2 Å². The van der Waals surface area contributed by atoms with Gasteiger partial charge in [0.15, 0.2) is 0 Å². The molecule has 0 radical (unpaired) electrons. The van der Waals surface area contributed by atoms with Crippen LogP contribution < -0.4 is 10.2 Å². The van der Waals surface area contributed by atoms with Gasteiger partial charge in [0.25, 0.3) is 5.91 Å². The van der Waals surface area contributed by atoms with Crippen molar-refractivity contribution in [3.8, 4) is 0 Å². The van der Waals surface area contributed by atoms with Crippen molar-refractivity contribution in [1.29, 1.82) is 0 Å². The highest BCUT2D eigenvalue weighted by Crippen LogP contribution is 2.30. The topological polar surface area (TPSA) is 49.4 Å². The number of halogens is 1. The number of benzene rings is 2. The minimum Gasteiger partial charge on any atom is -0.322 e. The van der Waals surface area contributed by atoms with E-state index < -0.39 is 11.7 Å². The Hall–Kier alpha value is -2.69. The number of hydrogen-bond donors (Lipinski definition) is 1. The van der Waals surface area contributed by atoms with Crippen LogP contribution in [0, 0.1) is 5.82 Å². The highest BCUT2D eigenvalue weighted by Gasteiger charge is 2.23. The predicted octanol–water partition coefficient (Wildman–Crippen LogP) is 3.77. The van der Waals surface area contributed by atoms with E-state index in [4.69, 9.17) is 0 Å². The maximum atomic E-state index is 13.7. The first-order valence-electron chi connectivity index (χ1n) is 8.09. The number of anilines is 2. The fraction of sp³-hybridized carbons (Fsp3) is 0.263. The first kappa shape index (κ1) is 16.2. The van der Waals surface area contributed by atoms with Gasteiger partial charge >= 0.3 is 0 Å². The molecule has 1 heterocycles. The lowest BCUT2D eigenvalue weighted by atomic mass is 10.00. The fourth-order valence-corrected chi connectivity index (χ4v) is 2.95.